The lowest BCUT2D eigenvalue weighted by molar-refractivity contribution is 0.0359. The molecule has 0 aromatic carbocycles. The van der Waals surface area contributed by atoms with E-state index in [1.54, 1.807) is 8.61 Å². The van der Waals surface area contributed by atoms with E-state index in [9.17, 15) is 8.42 Å². The fourth-order valence-corrected chi connectivity index (χ4v) is 5.23. The van der Waals surface area contributed by atoms with Crippen LogP contribution in [0.3, 0.4) is 0 Å². The summed E-state index contributed by atoms with van der Waals surface area (Å²) in [5, 5.41) is 0. The molecule has 1 aromatic heterocycles. The average molecular weight is 328 g/mol. The van der Waals surface area contributed by atoms with Gasteiger partial charge in [0.1, 0.15) is 11.5 Å². The number of morpholine rings is 1. The molecule has 2 aliphatic rings. The van der Waals surface area contributed by atoms with Crippen molar-refractivity contribution >= 4 is 10.2 Å². The van der Waals surface area contributed by atoms with Gasteiger partial charge in [-0.15, -0.1) is 0 Å². The van der Waals surface area contributed by atoms with Crippen molar-refractivity contribution < 1.29 is 17.6 Å². The Labute approximate surface area is 132 Å². The van der Waals surface area contributed by atoms with Gasteiger partial charge in [0.25, 0.3) is 10.2 Å². The Morgan fingerprint density at radius 2 is 2.09 bits per heavy atom. The standard InChI is InChI=1S/C15H24N2O4S/c1-3-13-6-7-15(21-13)14-5-4-8-17(14)22(18,19)16-9-10-20-11-12(16)2/h6-7,12,14H,3-5,8-11H2,1-2H3/t12-,14+/m0/s1. The molecule has 0 spiro atoms. The molecule has 1 aromatic rings. The van der Waals surface area contributed by atoms with E-state index in [4.69, 9.17) is 9.15 Å². The molecule has 6 nitrogen and oxygen atoms in total. The molecular formula is C15H24N2O4S. The minimum Gasteiger partial charge on any atom is -0.464 e. The fraction of sp³-hybridized carbons (Fsp3) is 0.733. The van der Waals surface area contributed by atoms with Crippen LogP contribution in [0, 0.1) is 0 Å². The van der Waals surface area contributed by atoms with Gasteiger partial charge >= 0.3 is 0 Å². The van der Waals surface area contributed by atoms with Crippen molar-refractivity contribution in [3.05, 3.63) is 23.7 Å². The van der Waals surface area contributed by atoms with Gasteiger partial charge in [0.15, 0.2) is 0 Å². The van der Waals surface area contributed by atoms with Crippen molar-refractivity contribution in [1.29, 1.82) is 0 Å². The Morgan fingerprint density at radius 1 is 1.27 bits per heavy atom. The second kappa shape index (κ2) is 6.31. The number of rotatable bonds is 4. The van der Waals surface area contributed by atoms with Crippen LogP contribution in [0.1, 0.15) is 44.3 Å². The lowest BCUT2D eigenvalue weighted by Gasteiger charge is -2.36. The highest BCUT2D eigenvalue weighted by Gasteiger charge is 2.42. The minimum atomic E-state index is -3.48. The van der Waals surface area contributed by atoms with E-state index in [-0.39, 0.29) is 12.1 Å². The van der Waals surface area contributed by atoms with E-state index in [1.165, 1.54) is 0 Å². The third kappa shape index (κ3) is 2.82. The molecule has 0 aliphatic carbocycles. The fourth-order valence-electron chi connectivity index (χ4n) is 3.25. The lowest BCUT2D eigenvalue weighted by Crippen LogP contribution is -2.52. The molecule has 7 heteroatoms. The maximum absolute atomic E-state index is 13.0. The summed E-state index contributed by atoms with van der Waals surface area (Å²) >= 11 is 0. The van der Waals surface area contributed by atoms with Gasteiger partial charge < -0.3 is 9.15 Å². The predicted octanol–water partition coefficient (Wildman–Crippen LogP) is 1.94. The van der Waals surface area contributed by atoms with E-state index in [2.05, 4.69) is 0 Å². The first-order valence-electron chi connectivity index (χ1n) is 7.99. The summed E-state index contributed by atoms with van der Waals surface area (Å²) in [6, 6.07) is 3.55. The lowest BCUT2D eigenvalue weighted by atomic mass is 10.2. The molecular weight excluding hydrogens is 304 g/mol. The number of ether oxygens (including phenoxy) is 1. The third-order valence-electron chi connectivity index (χ3n) is 4.46. The molecule has 0 saturated carbocycles. The van der Waals surface area contributed by atoms with Gasteiger partial charge in [-0.3, -0.25) is 0 Å². The number of aryl methyl sites for hydroxylation is 1. The van der Waals surface area contributed by atoms with Gasteiger partial charge in [-0.05, 0) is 31.9 Å². The van der Waals surface area contributed by atoms with Crippen molar-refractivity contribution in [2.75, 3.05) is 26.3 Å². The average Bonchev–Trinajstić information content (AvgIpc) is 3.16. The quantitative estimate of drug-likeness (QED) is 0.847. The molecule has 2 saturated heterocycles. The Bertz CT molecular complexity index is 613. The Morgan fingerprint density at radius 3 is 2.77 bits per heavy atom. The minimum absolute atomic E-state index is 0.122. The summed E-state index contributed by atoms with van der Waals surface area (Å²) in [7, 11) is -3.48. The van der Waals surface area contributed by atoms with Crippen LogP contribution in [0.4, 0.5) is 0 Å². The first-order valence-corrected chi connectivity index (χ1v) is 9.38. The number of furan rings is 1. The molecule has 0 bridgehead atoms. The van der Waals surface area contributed by atoms with Gasteiger partial charge in [-0.2, -0.15) is 17.0 Å². The van der Waals surface area contributed by atoms with Gasteiger partial charge in [-0.1, -0.05) is 6.92 Å². The highest BCUT2D eigenvalue weighted by Crippen LogP contribution is 2.36. The number of nitrogens with zero attached hydrogens (tertiary/aromatic N) is 2. The molecule has 2 aliphatic heterocycles. The van der Waals surface area contributed by atoms with Gasteiger partial charge in [0.2, 0.25) is 0 Å². The maximum Gasteiger partial charge on any atom is 0.283 e. The van der Waals surface area contributed by atoms with Crippen molar-refractivity contribution in [3.63, 3.8) is 0 Å². The van der Waals surface area contributed by atoms with Gasteiger partial charge in [-0.25, -0.2) is 0 Å². The molecule has 124 valence electrons. The van der Waals surface area contributed by atoms with Crippen LogP contribution in [-0.2, 0) is 21.4 Å². The summed E-state index contributed by atoms with van der Waals surface area (Å²) in [5.41, 5.74) is 0. The van der Waals surface area contributed by atoms with Crippen LogP contribution < -0.4 is 0 Å². The Kier molecular flexibility index (Phi) is 4.59. The first-order chi connectivity index (χ1) is 10.5. The highest BCUT2D eigenvalue weighted by molar-refractivity contribution is 7.86. The second-order valence-corrected chi connectivity index (χ2v) is 7.80. The summed E-state index contributed by atoms with van der Waals surface area (Å²) in [4.78, 5) is 0. The molecule has 2 atom stereocenters. The van der Waals surface area contributed by atoms with Gasteiger partial charge in [0, 0.05) is 25.6 Å². The Hall–Kier alpha value is -0.890. The second-order valence-electron chi connectivity index (χ2n) is 5.97. The van der Waals surface area contributed by atoms with Crippen LogP contribution in [0.2, 0.25) is 0 Å². The van der Waals surface area contributed by atoms with E-state index in [0.29, 0.717) is 26.3 Å². The summed E-state index contributed by atoms with van der Waals surface area (Å²) in [5.74, 6) is 1.66. The van der Waals surface area contributed by atoms with Crippen LogP contribution in [-0.4, -0.2) is 49.4 Å². The van der Waals surface area contributed by atoms with Gasteiger partial charge in [0.05, 0.1) is 19.3 Å². The maximum atomic E-state index is 13.0. The molecule has 0 N–H and O–H groups in total. The van der Waals surface area contributed by atoms with E-state index in [0.717, 1.165) is 30.8 Å². The molecule has 3 rings (SSSR count). The SMILES string of the molecule is CCc1ccc([C@H]2CCCN2S(=O)(=O)N2CCOC[C@@H]2C)o1. The largest absolute Gasteiger partial charge is 0.464 e. The summed E-state index contributed by atoms with van der Waals surface area (Å²) in [6.07, 6.45) is 2.50. The molecule has 0 unspecified atom stereocenters. The van der Waals surface area contributed by atoms with Crippen LogP contribution in [0.15, 0.2) is 16.5 Å². The zero-order valence-corrected chi connectivity index (χ0v) is 14.0. The monoisotopic (exact) mass is 328 g/mol. The normalized spacial score (nSPS) is 28.3. The predicted molar refractivity (Wildman–Crippen MR) is 82.7 cm³/mol. The van der Waals surface area contributed by atoms with Crippen molar-refractivity contribution in [2.45, 2.75) is 45.2 Å². The zero-order chi connectivity index (χ0) is 15.7. The highest BCUT2D eigenvalue weighted by atomic mass is 32.2. The van der Waals surface area contributed by atoms with Crippen molar-refractivity contribution in [2.24, 2.45) is 0 Å². The molecule has 0 radical (unpaired) electrons. The molecule has 2 fully saturated rings. The topological polar surface area (TPSA) is 63.0 Å². The Balaban J connectivity index is 1.85. The summed E-state index contributed by atoms with van der Waals surface area (Å²) < 4.78 is 40.4. The van der Waals surface area contributed by atoms with E-state index < -0.39 is 10.2 Å². The smallest absolute Gasteiger partial charge is 0.283 e. The molecule has 3 heterocycles. The van der Waals surface area contributed by atoms with E-state index >= 15 is 0 Å². The first kappa shape index (κ1) is 16.0. The van der Waals surface area contributed by atoms with Crippen molar-refractivity contribution in [3.8, 4) is 0 Å². The number of hydrogen-bond acceptors (Lipinski definition) is 4. The third-order valence-corrected chi connectivity index (χ3v) is 6.63. The van der Waals surface area contributed by atoms with Crippen LogP contribution in [0.25, 0.3) is 0 Å². The van der Waals surface area contributed by atoms with Crippen molar-refractivity contribution in [1.82, 2.24) is 8.61 Å². The molecule has 0 amide bonds. The zero-order valence-electron chi connectivity index (χ0n) is 13.2. The molecule has 22 heavy (non-hydrogen) atoms. The van der Waals surface area contributed by atoms with Crippen LogP contribution in [0.5, 0.6) is 0 Å². The van der Waals surface area contributed by atoms with E-state index in [1.807, 2.05) is 26.0 Å². The summed E-state index contributed by atoms with van der Waals surface area (Å²) in [6.45, 7) is 5.82. The van der Waals surface area contributed by atoms with Crippen LogP contribution >= 0.6 is 0 Å². The number of hydrogen-bond donors (Lipinski definition) is 0.